The van der Waals surface area contributed by atoms with Crippen molar-refractivity contribution in [2.24, 2.45) is 5.41 Å². The molecule has 6 nitrogen and oxygen atoms in total. The van der Waals surface area contributed by atoms with Crippen LogP contribution in [0.5, 0.6) is 0 Å². The number of ether oxygens (including phenoxy) is 1. The molecule has 3 saturated heterocycles. The Hall–Kier alpha value is -2.13. The lowest BCUT2D eigenvalue weighted by Gasteiger charge is -2.52. The van der Waals surface area contributed by atoms with Crippen molar-refractivity contribution < 1.29 is 9.53 Å². The molecule has 1 aromatic heterocycles. The van der Waals surface area contributed by atoms with Crippen LogP contribution in [0.2, 0.25) is 0 Å². The fourth-order valence-corrected chi connectivity index (χ4v) is 4.67. The standard InChI is InChI=1S/C18H20N4O2/c1-16-7-17(8-16,9-19)18(24-16)10-22(11-18)14-5-2-12(6-20-14)15(23)21-13-3-4-13/h2,5-6,13H,3-4,7-8,10-11H2,1H3,(H,21,23). The zero-order valence-corrected chi connectivity index (χ0v) is 13.7. The van der Waals surface area contributed by atoms with E-state index in [0.717, 1.165) is 31.5 Å². The van der Waals surface area contributed by atoms with E-state index >= 15 is 0 Å². The number of amides is 1. The molecule has 0 radical (unpaired) electrons. The van der Waals surface area contributed by atoms with E-state index in [1.54, 1.807) is 6.20 Å². The Morgan fingerprint density at radius 2 is 2.17 bits per heavy atom. The fraction of sp³-hybridized carbons (Fsp3) is 0.611. The van der Waals surface area contributed by atoms with Crippen molar-refractivity contribution in [3.8, 4) is 6.07 Å². The Kier molecular flexibility index (Phi) is 2.54. The summed E-state index contributed by atoms with van der Waals surface area (Å²) in [5.74, 6) is 0.794. The molecule has 0 unspecified atom stereocenters. The molecule has 6 heteroatoms. The first-order chi connectivity index (χ1) is 11.5. The van der Waals surface area contributed by atoms with Gasteiger partial charge in [0.1, 0.15) is 11.4 Å². The molecule has 5 aliphatic rings. The van der Waals surface area contributed by atoms with Gasteiger partial charge in [0.2, 0.25) is 0 Å². The molecule has 2 saturated carbocycles. The quantitative estimate of drug-likeness (QED) is 0.914. The van der Waals surface area contributed by atoms with Crippen LogP contribution in [-0.2, 0) is 4.74 Å². The third-order valence-electron chi connectivity index (χ3n) is 6.02. The molecule has 3 aliphatic heterocycles. The zero-order chi connectivity index (χ0) is 16.6. The van der Waals surface area contributed by atoms with Gasteiger partial charge < -0.3 is 15.0 Å². The van der Waals surface area contributed by atoms with Crippen LogP contribution in [0.3, 0.4) is 0 Å². The maximum absolute atomic E-state index is 12.0. The lowest BCUT2D eigenvalue weighted by atomic mass is 9.55. The molecule has 1 aromatic rings. The van der Waals surface area contributed by atoms with Gasteiger partial charge in [0.25, 0.3) is 5.91 Å². The first-order valence-corrected chi connectivity index (χ1v) is 8.60. The fourth-order valence-electron chi connectivity index (χ4n) is 4.67. The number of hydrogen-bond acceptors (Lipinski definition) is 5. The van der Waals surface area contributed by atoms with Gasteiger partial charge in [-0.2, -0.15) is 5.26 Å². The number of carbonyl (C=O) groups excluding carboxylic acids is 1. The predicted molar refractivity (Wildman–Crippen MR) is 86.4 cm³/mol. The van der Waals surface area contributed by atoms with Crippen molar-refractivity contribution in [3.63, 3.8) is 0 Å². The lowest BCUT2D eigenvalue weighted by Crippen LogP contribution is -2.67. The number of nitrogens with zero attached hydrogens (tertiary/aromatic N) is 3. The number of anilines is 1. The van der Waals surface area contributed by atoms with Crippen LogP contribution >= 0.6 is 0 Å². The van der Waals surface area contributed by atoms with Gasteiger partial charge in [-0.3, -0.25) is 4.79 Å². The molecule has 0 atom stereocenters. The van der Waals surface area contributed by atoms with Crippen molar-refractivity contribution in [3.05, 3.63) is 23.9 Å². The monoisotopic (exact) mass is 324 g/mol. The Labute approximate surface area is 140 Å². The minimum absolute atomic E-state index is 0.0482. The zero-order valence-electron chi connectivity index (χ0n) is 13.7. The minimum atomic E-state index is -0.333. The summed E-state index contributed by atoms with van der Waals surface area (Å²) in [5.41, 5.74) is -0.163. The van der Waals surface area contributed by atoms with Crippen molar-refractivity contribution in [1.82, 2.24) is 10.3 Å². The number of nitriles is 1. The van der Waals surface area contributed by atoms with E-state index in [0.29, 0.717) is 24.7 Å². The summed E-state index contributed by atoms with van der Waals surface area (Å²) >= 11 is 0. The van der Waals surface area contributed by atoms with Gasteiger partial charge in [-0.1, -0.05) is 0 Å². The summed E-state index contributed by atoms with van der Waals surface area (Å²) in [6, 6.07) is 6.57. The highest BCUT2D eigenvalue weighted by molar-refractivity contribution is 5.94. The van der Waals surface area contributed by atoms with E-state index in [2.05, 4.69) is 28.2 Å². The van der Waals surface area contributed by atoms with Gasteiger partial charge in [-0.05, 0) is 44.7 Å². The molecule has 1 N–H and O–H groups in total. The molecule has 5 fully saturated rings. The van der Waals surface area contributed by atoms with Gasteiger partial charge >= 0.3 is 0 Å². The Morgan fingerprint density at radius 1 is 1.42 bits per heavy atom. The Bertz CT molecular complexity index is 750. The average Bonchev–Trinajstić information content (AvgIpc) is 3.22. The molecular weight excluding hydrogens is 304 g/mol. The van der Waals surface area contributed by atoms with E-state index < -0.39 is 0 Å². The normalized spacial score (nSPS) is 35.1. The molecule has 6 rings (SSSR count). The second-order valence-corrected chi connectivity index (χ2v) is 8.10. The van der Waals surface area contributed by atoms with Crippen LogP contribution < -0.4 is 10.2 Å². The first-order valence-electron chi connectivity index (χ1n) is 8.60. The first kappa shape index (κ1) is 14.2. The number of nitrogens with one attached hydrogen (secondary N) is 1. The number of rotatable bonds is 3. The summed E-state index contributed by atoms with van der Waals surface area (Å²) < 4.78 is 6.25. The molecule has 4 heterocycles. The molecule has 24 heavy (non-hydrogen) atoms. The summed E-state index contributed by atoms with van der Waals surface area (Å²) in [4.78, 5) is 18.6. The SMILES string of the molecule is CC12CC(C#N)(C1)C1(CN(c3ccc(C(=O)NC4CC4)cn3)C1)O2. The largest absolute Gasteiger partial charge is 0.363 e. The maximum Gasteiger partial charge on any atom is 0.253 e. The third-order valence-corrected chi connectivity index (χ3v) is 6.02. The molecule has 2 bridgehead atoms. The lowest BCUT2D eigenvalue weighted by molar-refractivity contribution is -0.0749. The summed E-state index contributed by atoms with van der Waals surface area (Å²) in [6.07, 6.45) is 5.48. The summed E-state index contributed by atoms with van der Waals surface area (Å²) in [5, 5.41) is 12.6. The van der Waals surface area contributed by atoms with Crippen LogP contribution in [0, 0.1) is 16.7 Å². The number of hydrogen-bond donors (Lipinski definition) is 1. The second-order valence-electron chi connectivity index (χ2n) is 8.10. The van der Waals surface area contributed by atoms with E-state index in [4.69, 9.17) is 4.74 Å². The topological polar surface area (TPSA) is 78.3 Å². The maximum atomic E-state index is 12.0. The van der Waals surface area contributed by atoms with Crippen molar-refractivity contribution in [2.45, 2.75) is 49.9 Å². The minimum Gasteiger partial charge on any atom is -0.363 e. The van der Waals surface area contributed by atoms with Crippen LogP contribution in [0.1, 0.15) is 43.0 Å². The highest BCUT2D eigenvalue weighted by Gasteiger charge is 2.77. The van der Waals surface area contributed by atoms with Crippen molar-refractivity contribution >= 4 is 11.7 Å². The number of carbonyl (C=O) groups is 1. The molecule has 2 aliphatic carbocycles. The van der Waals surface area contributed by atoms with Crippen LogP contribution in [0.25, 0.3) is 0 Å². The average molecular weight is 324 g/mol. The van der Waals surface area contributed by atoms with Crippen molar-refractivity contribution in [1.29, 1.82) is 5.26 Å². The second kappa shape index (κ2) is 4.28. The van der Waals surface area contributed by atoms with Crippen LogP contribution in [0.4, 0.5) is 5.82 Å². The molecule has 1 spiro atoms. The van der Waals surface area contributed by atoms with Gasteiger partial charge in [0.15, 0.2) is 0 Å². The van der Waals surface area contributed by atoms with Gasteiger partial charge in [-0.15, -0.1) is 0 Å². The Morgan fingerprint density at radius 3 is 2.75 bits per heavy atom. The molecular formula is C18H20N4O2. The van der Waals surface area contributed by atoms with Crippen LogP contribution in [-0.4, -0.2) is 41.2 Å². The smallest absolute Gasteiger partial charge is 0.253 e. The summed E-state index contributed by atoms with van der Waals surface area (Å²) in [7, 11) is 0. The van der Waals surface area contributed by atoms with E-state index in [-0.39, 0.29) is 22.5 Å². The van der Waals surface area contributed by atoms with Gasteiger partial charge in [-0.25, -0.2) is 4.98 Å². The van der Waals surface area contributed by atoms with E-state index in [1.165, 1.54) is 0 Å². The highest BCUT2D eigenvalue weighted by atomic mass is 16.5. The summed E-state index contributed by atoms with van der Waals surface area (Å²) in [6.45, 7) is 3.51. The number of aromatic nitrogens is 1. The van der Waals surface area contributed by atoms with Crippen LogP contribution in [0.15, 0.2) is 18.3 Å². The molecule has 1 amide bonds. The molecule has 0 aromatic carbocycles. The third kappa shape index (κ3) is 1.79. The van der Waals surface area contributed by atoms with Gasteiger partial charge in [0.05, 0.1) is 35.7 Å². The van der Waals surface area contributed by atoms with Crippen molar-refractivity contribution in [2.75, 3.05) is 18.0 Å². The predicted octanol–water partition coefficient (Wildman–Crippen LogP) is 1.63. The Balaban J connectivity index is 1.28. The number of pyridine rings is 1. The van der Waals surface area contributed by atoms with E-state index in [1.807, 2.05) is 12.1 Å². The highest BCUT2D eigenvalue weighted by Crippen LogP contribution is 2.68. The van der Waals surface area contributed by atoms with E-state index in [9.17, 15) is 10.1 Å². The van der Waals surface area contributed by atoms with Gasteiger partial charge in [0, 0.05) is 12.2 Å². The molecule has 124 valence electrons.